The summed E-state index contributed by atoms with van der Waals surface area (Å²) in [5.74, 6) is -0.632. The molecule has 0 aliphatic rings. The molecule has 0 radical (unpaired) electrons. The van der Waals surface area contributed by atoms with E-state index in [2.05, 4.69) is 10.3 Å². The maximum absolute atomic E-state index is 11.8. The van der Waals surface area contributed by atoms with Crippen LogP contribution in [0, 0.1) is 10.8 Å². The molecule has 0 aliphatic carbocycles. The minimum Gasteiger partial charge on any atom is -0.305 e. The van der Waals surface area contributed by atoms with Crippen molar-refractivity contribution in [1.29, 1.82) is 10.8 Å². The van der Waals surface area contributed by atoms with Gasteiger partial charge in [-0.15, -0.1) is 0 Å². The Kier molecular flexibility index (Phi) is 4.84. The van der Waals surface area contributed by atoms with Crippen molar-refractivity contribution in [2.75, 3.05) is 0 Å². The van der Waals surface area contributed by atoms with Crippen LogP contribution in [0.25, 0.3) is 0 Å². The molecule has 0 bridgehead atoms. The lowest BCUT2D eigenvalue weighted by atomic mass is 10.0. The molecule has 1 aromatic heterocycles. The summed E-state index contributed by atoms with van der Waals surface area (Å²) in [6.07, 6.45) is 3.27. The van der Waals surface area contributed by atoms with Gasteiger partial charge in [-0.1, -0.05) is 6.07 Å². The van der Waals surface area contributed by atoms with Gasteiger partial charge in [0.25, 0.3) is 0 Å². The second kappa shape index (κ2) is 6.15. The molecule has 5 nitrogen and oxygen atoms in total. The molecule has 1 rings (SSSR count). The number of amides is 1. The lowest BCUT2D eigenvalue weighted by Crippen LogP contribution is -2.31. The first kappa shape index (κ1) is 13.4. The molecule has 0 fully saturated rings. The van der Waals surface area contributed by atoms with E-state index in [-0.39, 0.29) is 22.0 Å². The van der Waals surface area contributed by atoms with Gasteiger partial charge in [0.1, 0.15) is 0 Å². The van der Waals surface area contributed by atoms with Crippen LogP contribution in [0.15, 0.2) is 24.5 Å². The largest absolute Gasteiger partial charge is 0.305 e. The van der Waals surface area contributed by atoms with Crippen LogP contribution in [0.1, 0.15) is 25.3 Å². The van der Waals surface area contributed by atoms with Crippen LogP contribution in [-0.2, 0) is 4.79 Å². The maximum atomic E-state index is 11.8. The van der Waals surface area contributed by atoms with Crippen molar-refractivity contribution in [3.63, 3.8) is 0 Å². The molecule has 1 unspecified atom stereocenters. The third-order valence-electron chi connectivity index (χ3n) is 2.07. The first-order chi connectivity index (χ1) is 8.00. The molecule has 0 saturated carbocycles. The third kappa shape index (κ3) is 4.36. The Morgan fingerprint density at radius 3 is 2.76 bits per heavy atom. The van der Waals surface area contributed by atoms with Crippen molar-refractivity contribution in [3.8, 4) is 0 Å². The number of carbonyl (C=O) groups excluding carboxylic acids is 1. The summed E-state index contributed by atoms with van der Waals surface area (Å²) in [6.45, 7) is 3.32. The quantitative estimate of drug-likeness (QED) is 0.553. The molecule has 3 N–H and O–H groups in total. The molecular weight excluding hydrogens is 236 g/mol. The number of pyridine rings is 1. The standard InChI is InChI=1S/C11H14N4OS/c1-7(9-4-3-5-14-6-9)10(16)15-11(13)17-8(2)12/h3-7,12H,1-2H3,(H2,13,15,16). The normalized spacial score (nSPS) is 11.6. The SMILES string of the molecule is CC(=N)SC(=N)NC(=O)C(C)c1cccnc1. The van der Waals surface area contributed by atoms with E-state index in [4.69, 9.17) is 10.8 Å². The molecule has 0 aliphatic heterocycles. The molecule has 1 atom stereocenters. The summed E-state index contributed by atoms with van der Waals surface area (Å²) in [7, 11) is 0. The first-order valence-corrected chi connectivity index (χ1v) is 5.84. The number of amidine groups is 1. The third-order valence-corrected chi connectivity index (χ3v) is 2.68. The second-order valence-electron chi connectivity index (χ2n) is 3.48. The van der Waals surface area contributed by atoms with Crippen molar-refractivity contribution in [3.05, 3.63) is 30.1 Å². The minimum absolute atomic E-state index is 0.0294. The Morgan fingerprint density at radius 1 is 1.53 bits per heavy atom. The van der Waals surface area contributed by atoms with E-state index in [1.165, 1.54) is 0 Å². The van der Waals surface area contributed by atoms with E-state index in [1.807, 2.05) is 6.07 Å². The zero-order chi connectivity index (χ0) is 12.8. The van der Waals surface area contributed by atoms with E-state index in [9.17, 15) is 4.79 Å². The van der Waals surface area contributed by atoms with Gasteiger partial charge in [0.2, 0.25) is 5.91 Å². The van der Waals surface area contributed by atoms with Crippen molar-refractivity contribution >= 4 is 27.9 Å². The maximum Gasteiger partial charge on any atom is 0.233 e. The average Bonchev–Trinajstić information content (AvgIpc) is 2.28. The van der Waals surface area contributed by atoms with Crippen LogP contribution in [0.3, 0.4) is 0 Å². The van der Waals surface area contributed by atoms with Gasteiger partial charge in [0.05, 0.1) is 11.0 Å². The number of hydrogen-bond donors (Lipinski definition) is 3. The first-order valence-electron chi connectivity index (χ1n) is 5.03. The number of nitrogens with zero attached hydrogens (tertiary/aromatic N) is 1. The van der Waals surface area contributed by atoms with Crippen molar-refractivity contribution in [1.82, 2.24) is 10.3 Å². The number of rotatable bonds is 2. The van der Waals surface area contributed by atoms with Gasteiger partial charge in [0, 0.05) is 12.4 Å². The highest BCUT2D eigenvalue weighted by molar-refractivity contribution is 8.26. The van der Waals surface area contributed by atoms with E-state index < -0.39 is 0 Å². The molecule has 1 amide bonds. The number of carbonyl (C=O) groups is 1. The monoisotopic (exact) mass is 250 g/mol. The van der Waals surface area contributed by atoms with Gasteiger partial charge in [-0.3, -0.25) is 20.6 Å². The molecular formula is C11H14N4OS. The van der Waals surface area contributed by atoms with Gasteiger partial charge in [-0.25, -0.2) is 0 Å². The highest BCUT2D eigenvalue weighted by atomic mass is 32.2. The van der Waals surface area contributed by atoms with Gasteiger partial charge < -0.3 is 5.32 Å². The van der Waals surface area contributed by atoms with Gasteiger partial charge in [-0.2, -0.15) is 0 Å². The van der Waals surface area contributed by atoms with Gasteiger partial charge in [0.15, 0.2) is 5.17 Å². The minimum atomic E-state index is -0.365. The predicted octanol–water partition coefficient (Wildman–Crippen LogP) is 1.97. The Bertz CT molecular complexity index is 432. The van der Waals surface area contributed by atoms with Crippen LogP contribution in [-0.4, -0.2) is 21.1 Å². The molecule has 1 heterocycles. The summed E-state index contributed by atoms with van der Waals surface area (Å²) < 4.78 is 0. The van der Waals surface area contributed by atoms with Crippen molar-refractivity contribution in [2.45, 2.75) is 19.8 Å². The Hall–Kier alpha value is -1.69. The summed E-state index contributed by atoms with van der Waals surface area (Å²) in [5.41, 5.74) is 0.800. The van der Waals surface area contributed by atoms with Crippen LogP contribution in [0.4, 0.5) is 0 Å². The fourth-order valence-electron chi connectivity index (χ4n) is 1.18. The topological polar surface area (TPSA) is 89.7 Å². The molecule has 1 aromatic rings. The lowest BCUT2D eigenvalue weighted by Gasteiger charge is -2.11. The van der Waals surface area contributed by atoms with E-state index in [0.29, 0.717) is 0 Å². The number of aromatic nitrogens is 1. The van der Waals surface area contributed by atoms with Gasteiger partial charge >= 0.3 is 0 Å². The predicted molar refractivity (Wildman–Crippen MR) is 69.5 cm³/mol. The van der Waals surface area contributed by atoms with Crippen molar-refractivity contribution in [2.24, 2.45) is 0 Å². The van der Waals surface area contributed by atoms with Crippen molar-refractivity contribution < 1.29 is 4.79 Å². The second-order valence-corrected chi connectivity index (χ2v) is 4.71. The van der Waals surface area contributed by atoms with Crippen LogP contribution in [0.5, 0.6) is 0 Å². The highest BCUT2D eigenvalue weighted by Crippen LogP contribution is 2.14. The molecule has 0 spiro atoms. The Labute approximate surface area is 104 Å². The van der Waals surface area contributed by atoms with Crippen LogP contribution >= 0.6 is 11.8 Å². The van der Waals surface area contributed by atoms with E-state index in [1.54, 1.807) is 32.3 Å². The average molecular weight is 250 g/mol. The zero-order valence-corrected chi connectivity index (χ0v) is 10.5. The van der Waals surface area contributed by atoms with Crippen LogP contribution < -0.4 is 5.32 Å². The Balaban J connectivity index is 2.59. The molecule has 0 aromatic carbocycles. The van der Waals surface area contributed by atoms with E-state index in [0.717, 1.165) is 17.3 Å². The molecule has 90 valence electrons. The number of hydrogen-bond acceptors (Lipinski definition) is 5. The van der Waals surface area contributed by atoms with Crippen LogP contribution in [0.2, 0.25) is 0 Å². The molecule has 17 heavy (non-hydrogen) atoms. The Morgan fingerprint density at radius 2 is 2.24 bits per heavy atom. The molecule has 0 saturated heterocycles. The smallest absolute Gasteiger partial charge is 0.233 e. The van der Waals surface area contributed by atoms with E-state index >= 15 is 0 Å². The van der Waals surface area contributed by atoms with Gasteiger partial charge in [-0.05, 0) is 37.2 Å². The zero-order valence-electron chi connectivity index (χ0n) is 9.65. The number of thioether (sulfide) groups is 1. The fraction of sp³-hybridized carbons (Fsp3) is 0.273. The summed E-state index contributed by atoms with van der Waals surface area (Å²) >= 11 is 0.914. The molecule has 6 heteroatoms. The highest BCUT2D eigenvalue weighted by Gasteiger charge is 2.16. The fourth-order valence-corrected chi connectivity index (χ4v) is 1.64. The number of nitrogens with one attached hydrogen (secondary N) is 3. The summed E-state index contributed by atoms with van der Waals surface area (Å²) in [4.78, 5) is 15.7. The summed E-state index contributed by atoms with van der Waals surface area (Å²) in [5, 5.41) is 17.4. The summed E-state index contributed by atoms with van der Waals surface area (Å²) in [6, 6.07) is 3.58. The lowest BCUT2D eigenvalue weighted by molar-refractivity contribution is -0.120.